The zero-order valence-corrected chi connectivity index (χ0v) is 45.8. The Morgan fingerprint density at radius 3 is 0.951 bits per heavy atom. The quantitative estimate of drug-likeness (QED) is 0.0375. The van der Waals surface area contributed by atoms with Crippen LogP contribution in [0.1, 0.15) is 90.1 Å². The van der Waals surface area contributed by atoms with Gasteiger partial charge < -0.3 is 44.4 Å². The fraction of sp³-hybridized carbons (Fsp3) is 0.186. The molecule has 0 fully saturated rings. The Labute approximate surface area is 480 Å². The van der Waals surface area contributed by atoms with Crippen LogP contribution in [0.5, 0.6) is 34.5 Å². The fourth-order valence-electron chi connectivity index (χ4n) is 9.06. The lowest BCUT2D eigenvalue weighted by atomic mass is 10.1. The average Bonchev–Trinajstić information content (AvgIpc) is 3.53. The largest absolute Gasteiger partial charge is 0.485 e. The molecular formula is C70H67N3O9. The minimum atomic E-state index is -0.545. The summed E-state index contributed by atoms with van der Waals surface area (Å²) in [5.41, 5.74) is 6.63. The number of amides is 3. The Kier molecular flexibility index (Phi) is 21.2. The van der Waals surface area contributed by atoms with Gasteiger partial charge in [0.2, 0.25) is 0 Å². The molecule has 1 atom stereocenters. The number of benzene rings is 9. The molecule has 0 radical (unpaired) electrons. The van der Waals surface area contributed by atoms with Gasteiger partial charge in [0.05, 0.1) is 16.7 Å². The summed E-state index contributed by atoms with van der Waals surface area (Å²) in [7, 11) is 0. The third kappa shape index (κ3) is 17.1. The molecule has 82 heavy (non-hydrogen) atoms. The van der Waals surface area contributed by atoms with Gasteiger partial charge in [-0.1, -0.05) is 213 Å². The molecule has 9 aromatic carbocycles. The summed E-state index contributed by atoms with van der Waals surface area (Å²) >= 11 is 0. The third-order valence-electron chi connectivity index (χ3n) is 13.4. The van der Waals surface area contributed by atoms with Gasteiger partial charge in [0, 0.05) is 19.1 Å². The molecule has 1 unspecified atom stereocenters. The predicted octanol–water partition coefficient (Wildman–Crippen LogP) is 13.7. The van der Waals surface area contributed by atoms with Gasteiger partial charge in [0.25, 0.3) is 17.7 Å². The van der Waals surface area contributed by atoms with Crippen LogP contribution < -0.4 is 44.4 Å². The Balaban J connectivity index is 0.906. The minimum absolute atomic E-state index is 0.0768. The number of unbranched alkanes of at least 4 members (excludes halogenated alkanes) is 2. The Morgan fingerprint density at radius 1 is 0.305 bits per heavy atom. The van der Waals surface area contributed by atoms with Crippen LogP contribution >= 0.6 is 0 Å². The molecule has 12 heteroatoms. The smallest absolute Gasteiger partial charge is 0.255 e. The first-order valence-corrected chi connectivity index (χ1v) is 27.7. The highest BCUT2D eigenvalue weighted by molar-refractivity contribution is 5.99. The van der Waals surface area contributed by atoms with Crippen LogP contribution in [0.25, 0.3) is 0 Å². The second kappa shape index (κ2) is 30.5. The van der Waals surface area contributed by atoms with Crippen LogP contribution in [0, 0.1) is 0 Å². The summed E-state index contributed by atoms with van der Waals surface area (Å²) in [4.78, 5) is 43.1. The van der Waals surface area contributed by atoms with Crippen molar-refractivity contribution < 1.29 is 42.8 Å². The number of ether oxygens (including phenoxy) is 6. The summed E-state index contributed by atoms with van der Waals surface area (Å²) in [5.74, 6) is 1.17. The van der Waals surface area contributed by atoms with Crippen molar-refractivity contribution >= 4 is 17.7 Å². The van der Waals surface area contributed by atoms with Gasteiger partial charge in [0.1, 0.15) is 39.6 Å². The second-order valence-corrected chi connectivity index (χ2v) is 19.5. The van der Waals surface area contributed by atoms with E-state index in [2.05, 4.69) is 16.0 Å². The van der Waals surface area contributed by atoms with E-state index in [0.717, 1.165) is 33.4 Å². The van der Waals surface area contributed by atoms with Crippen LogP contribution in [0.3, 0.4) is 0 Å². The number of rotatable bonds is 30. The Bertz CT molecular complexity index is 3410. The van der Waals surface area contributed by atoms with E-state index in [1.165, 1.54) is 0 Å². The maximum absolute atomic E-state index is 14.7. The van der Waals surface area contributed by atoms with E-state index in [-0.39, 0.29) is 56.6 Å². The highest BCUT2D eigenvalue weighted by Gasteiger charge is 2.24. The van der Waals surface area contributed by atoms with E-state index < -0.39 is 17.9 Å². The number of hydrogen-bond donors (Lipinski definition) is 3. The summed E-state index contributed by atoms with van der Waals surface area (Å²) in [6.07, 6.45) is 2.47. The molecule has 0 aromatic heterocycles. The van der Waals surface area contributed by atoms with E-state index in [1.807, 2.05) is 188 Å². The molecule has 9 aromatic rings. The van der Waals surface area contributed by atoms with E-state index in [9.17, 15) is 14.4 Å². The van der Waals surface area contributed by atoms with Crippen LogP contribution in [0.2, 0.25) is 0 Å². The Morgan fingerprint density at radius 2 is 0.610 bits per heavy atom. The highest BCUT2D eigenvalue weighted by Crippen LogP contribution is 2.36. The van der Waals surface area contributed by atoms with E-state index in [4.69, 9.17) is 28.4 Å². The molecule has 0 bridgehead atoms. The second-order valence-electron chi connectivity index (χ2n) is 19.5. The van der Waals surface area contributed by atoms with Crippen molar-refractivity contribution in [3.63, 3.8) is 0 Å². The standard InChI is InChI=1S/C70H67N3O9/c74-68(59-38-22-41-62(77-46-52-25-8-1-9-26-52)65(59)80-49-55-31-14-4-15-32-55)71-44-21-7-20-37-58(73-70(76)61-40-24-43-64(79-48-54-29-12-3-13-30-54)67(61)82-51-57-35-18-6-19-36-57)45-72-69(75)60-39-23-42-63(78-47-53-27-10-2-11-28-53)66(60)81-50-56-33-16-5-17-34-56/h1-6,8-19,22-36,38-43,58H,7,20-21,37,44-51H2,(H,71,74)(H,72,75)(H,73,76). The molecule has 0 aliphatic carbocycles. The molecule has 416 valence electrons. The lowest BCUT2D eigenvalue weighted by Gasteiger charge is -2.22. The summed E-state index contributed by atoms with van der Waals surface area (Å²) in [5, 5.41) is 9.45. The molecule has 0 heterocycles. The van der Waals surface area contributed by atoms with Gasteiger partial charge in [-0.3, -0.25) is 14.4 Å². The molecule has 0 aliphatic rings. The monoisotopic (exact) mass is 1090 g/mol. The number of carbonyl (C=O) groups is 3. The molecule has 0 saturated heterocycles. The van der Waals surface area contributed by atoms with Gasteiger partial charge in [0.15, 0.2) is 34.5 Å². The third-order valence-corrected chi connectivity index (χ3v) is 13.4. The average molecular weight is 1090 g/mol. The molecule has 12 nitrogen and oxygen atoms in total. The first-order valence-electron chi connectivity index (χ1n) is 27.7. The zero-order chi connectivity index (χ0) is 56.4. The van der Waals surface area contributed by atoms with E-state index in [1.54, 1.807) is 48.5 Å². The van der Waals surface area contributed by atoms with Gasteiger partial charge in [-0.2, -0.15) is 0 Å². The van der Waals surface area contributed by atoms with Crippen molar-refractivity contribution in [1.82, 2.24) is 16.0 Å². The Hall–Kier alpha value is -9.81. The molecule has 9 rings (SSSR count). The van der Waals surface area contributed by atoms with Crippen molar-refractivity contribution in [2.75, 3.05) is 13.1 Å². The van der Waals surface area contributed by atoms with Gasteiger partial charge in [-0.05, 0) is 82.6 Å². The lowest BCUT2D eigenvalue weighted by Crippen LogP contribution is -2.44. The molecule has 3 amide bonds. The van der Waals surface area contributed by atoms with Crippen LogP contribution in [0.4, 0.5) is 0 Å². The maximum atomic E-state index is 14.7. The normalized spacial score (nSPS) is 11.1. The fourth-order valence-corrected chi connectivity index (χ4v) is 9.06. The summed E-state index contributed by atoms with van der Waals surface area (Å²) < 4.78 is 38.1. The lowest BCUT2D eigenvalue weighted by molar-refractivity contribution is 0.0899. The number of nitrogens with one attached hydrogen (secondary N) is 3. The van der Waals surface area contributed by atoms with Crippen LogP contribution in [0.15, 0.2) is 237 Å². The van der Waals surface area contributed by atoms with Gasteiger partial charge >= 0.3 is 0 Å². The zero-order valence-electron chi connectivity index (χ0n) is 45.8. The van der Waals surface area contributed by atoms with E-state index in [0.29, 0.717) is 78.9 Å². The van der Waals surface area contributed by atoms with Crippen molar-refractivity contribution in [1.29, 1.82) is 0 Å². The van der Waals surface area contributed by atoms with Crippen molar-refractivity contribution in [2.24, 2.45) is 0 Å². The molecular weight excluding hydrogens is 1030 g/mol. The van der Waals surface area contributed by atoms with Gasteiger partial charge in [-0.15, -0.1) is 0 Å². The molecule has 0 saturated carbocycles. The number of carbonyl (C=O) groups excluding carboxylic acids is 3. The summed E-state index contributed by atoms with van der Waals surface area (Å²) in [6, 6.07) is 74.0. The van der Waals surface area contributed by atoms with Crippen molar-refractivity contribution in [3.8, 4) is 34.5 Å². The maximum Gasteiger partial charge on any atom is 0.255 e. The van der Waals surface area contributed by atoms with Crippen molar-refractivity contribution in [2.45, 2.75) is 71.4 Å². The first-order chi connectivity index (χ1) is 40.4. The van der Waals surface area contributed by atoms with Crippen LogP contribution in [-0.2, 0) is 39.6 Å². The van der Waals surface area contributed by atoms with Crippen LogP contribution in [-0.4, -0.2) is 36.9 Å². The van der Waals surface area contributed by atoms with E-state index >= 15 is 0 Å². The van der Waals surface area contributed by atoms with Gasteiger partial charge in [-0.25, -0.2) is 0 Å². The SMILES string of the molecule is O=C(NCCCCCC(CNC(=O)c1cccc(OCc2ccccc2)c1OCc1ccccc1)NC(=O)c1cccc(OCc2ccccc2)c1OCc1ccccc1)c1cccc(OCc2ccccc2)c1OCc1ccccc1. The summed E-state index contributed by atoms with van der Waals surface area (Å²) in [6.45, 7) is 1.94. The molecule has 0 aliphatic heterocycles. The minimum Gasteiger partial charge on any atom is -0.485 e. The number of para-hydroxylation sites is 3. The molecule has 0 spiro atoms. The topological polar surface area (TPSA) is 143 Å². The highest BCUT2D eigenvalue weighted by atomic mass is 16.5. The van der Waals surface area contributed by atoms with Crippen molar-refractivity contribution in [3.05, 3.63) is 287 Å². The first kappa shape index (κ1) is 56.9. The predicted molar refractivity (Wildman–Crippen MR) is 318 cm³/mol. The number of hydrogen-bond acceptors (Lipinski definition) is 9. The molecule has 3 N–H and O–H groups in total.